The third-order valence-electron chi connectivity index (χ3n) is 6.09. The number of halogens is 1. The van der Waals surface area contributed by atoms with Gasteiger partial charge in [0.15, 0.2) is 5.11 Å². The standard InChI is InChI=1S/C29H31ClN2O3S/c30-23-13-15-24(16-14-23)34-20-5-2-6-21-35-27-11-7-10-26-25(27)18-19-32(26)29(36)31-28(33)17-12-22-8-3-1-4-9-22/h1,3-4,7-11,13-16H,2,5-6,12,17-21H2,(H,31,33,36). The van der Waals surface area contributed by atoms with Crippen LogP contribution in [0.1, 0.15) is 36.8 Å². The van der Waals surface area contributed by atoms with E-state index in [4.69, 9.17) is 33.3 Å². The summed E-state index contributed by atoms with van der Waals surface area (Å²) in [6.45, 7) is 2.06. The number of thiocarbonyl (C=S) groups is 1. The van der Waals surface area contributed by atoms with Crippen LogP contribution in [0.25, 0.3) is 0 Å². The van der Waals surface area contributed by atoms with Gasteiger partial charge in [0.1, 0.15) is 11.5 Å². The minimum atomic E-state index is -0.0650. The molecule has 1 aliphatic heterocycles. The van der Waals surface area contributed by atoms with Crippen LogP contribution in [0.2, 0.25) is 5.02 Å². The molecule has 0 aliphatic carbocycles. The summed E-state index contributed by atoms with van der Waals surface area (Å²) >= 11 is 11.5. The lowest BCUT2D eigenvalue weighted by Crippen LogP contribution is -2.42. The van der Waals surface area contributed by atoms with Crippen molar-refractivity contribution in [2.24, 2.45) is 0 Å². The van der Waals surface area contributed by atoms with E-state index >= 15 is 0 Å². The molecule has 0 fully saturated rings. The number of aryl methyl sites for hydroxylation is 1. The van der Waals surface area contributed by atoms with Gasteiger partial charge in [-0.3, -0.25) is 4.79 Å². The normalized spacial score (nSPS) is 12.2. The van der Waals surface area contributed by atoms with Crippen molar-refractivity contribution in [1.29, 1.82) is 0 Å². The fraction of sp³-hybridized carbons (Fsp3) is 0.310. The molecular weight excluding hydrogens is 492 g/mol. The molecule has 0 bridgehead atoms. The van der Waals surface area contributed by atoms with Crippen LogP contribution < -0.4 is 19.7 Å². The number of benzene rings is 3. The molecule has 3 aromatic carbocycles. The lowest BCUT2D eigenvalue weighted by Gasteiger charge is -2.21. The monoisotopic (exact) mass is 522 g/mol. The molecule has 1 heterocycles. The molecule has 0 unspecified atom stereocenters. The van der Waals surface area contributed by atoms with Gasteiger partial charge in [0.25, 0.3) is 0 Å². The van der Waals surface area contributed by atoms with E-state index in [-0.39, 0.29) is 5.91 Å². The average Bonchev–Trinajstić information content (AvgIpc) is 3.34. The van der Waals surface area contributed by atoms with Crippen molar-refractivity contribution >= 4 is 40.5 Å². The summed E-state index contributed by atoms with van der Waals surface area (Å²) in [5.41, 5.74) is 3.29. The Labute approximate surface area is 223 Å². The fourth-order valence-corrected chi connectivity index (χ4v) is 4.61. The van der Waals surface area contributed by atoms with Gasteiger partial charge < -0.3 is 19.7 Å². The zero-order valence-corrected chi connectivity index (χ0v) is 21.8. The van der Waals surface area contributed by atoms with Crippen molar-refractivity contribution in [3.63, 3.8) is 0 Å². The second-order valence-electron chi connectivity index (χ2n) is 8.71. The number of fused-ring (bicyclic) bond motifs is 1. The largest absolute Gasteiger partial charge is 0.494 e. The van der Waals surface area contributed by atoms with Gasteiger partial charge in [0, 0.05) is 23.6 Å². The van der Waals surface area contributed by atoms with E-state index in [1.54, 1.807) is 0 Å². The quantitative estimate of drug-likeness (QED) is 0.234. The summed E-state index contributed by atoms with van der Waals surface area (Å²) in [4.78, 5) is 14.4. The van der Waals surface area contributed by atoms with Gasteiger partial charge in [-0.05, 0) is 86.3 Å². The Bertz CT molecular complexity index is 1150. The maximum absolute atomic E-state index is 12.4. The molecule has 0 radical (unpaired) electrons. The summed E-state index contributed by atoms with van der Waals surface area (Å²) in [6.07, 6.45) is 4.86. The molecule has 0 saturated carbocycles. The fourth-order valence-electron chi connectivity index (χ4n) is 4.18. The van der Waals surface area contributed by atoms with Gasteiger partial charge in [-0.2, -0.15) is 0 Å². The number of carbonyl (C=O) groups excluding carboxylic acids is 1. The lowest BCUT2D eigenvalue weighted by atomic mass is 10.1. The predicted octanol–water partition coefficient (Wildman–Crippen LogP) is 6.36. The number of hydrogen-bond acceptors (Lipinski definition) is 4. The molecule has 1 aliphatic rings. The highest BCUT2D eigenvalue weighted by atomic mass is 35.5. The van der Waals surface area contributed by atoms with Crippen LogP contribution in [0.3, 0.4) is 0 Å². The first kappa shape index (κ1) is 26.0. The summed E-state index contributed by atoms with van der Waals surface area (Å²) in [5.74, 6) is 1.67. The number of nitrogens with zero attached hydrogens (tertiary/aromatic N) is 1. The molecular formula is C29H31ClN2O3S. The number of hydrogen-bond donors (Lipinski definition) is 1. The number of anilines is 1. The van der Waals surface area contributed by atoms with E-state index in [1.807, 2.05) is 77.7 Å². The Morgan fingerprint density at radius 1 is 0.917 bits per heavy atom. The molecule has 7 heteroatoms. The van der Waals surface area contributed by atoms with Crippen LogP contribution in [0, 0.1) is 0 Å². The number of ether oxygens (including phenoxy) is 2. The van der Waals surface area contributed by atoms with Gasteiger partial charge in [-0.15, -0.1) is 0 Å². The van der Waals surface area contributed by atoms with E-state index < -0.39 is 0 Å². The first-order valence-electron chi connectivity index (χ1n) is 12.4. The van der Waals surface area contributed by atoms with Crippen molar-refractivity contribution in [2.45, 2.75) is 38.5 Å². The second kappa shape index (κ2) is 13.3. The van der Waals surface area contributed by atoms with Gasteiger partial charge >= 0.3 is 0 Å². The minimum absolute atomic E-state index is 0.0650. The summed E-state index contributed by atoms with van der Waals surface area (Å²) in [6, 6.07) is 23.4. The molecule has 0 aromatic heterocycles. The third kappa shape index (κ3) is 7.45. The zero-order chi connectivity index (χ0) is 25.2. The first-order chi connectivity index (χ1) is 17.6. The van der Waals surface area contributed by atoms with Crippen LogP contribution in [0.5, 0.6) is 11.5 Å². The minimum Gasteiger partial charge on any atom is -0.494 e. The van der Waals surface area contributed by atoms with Gasteiger partial charge in [-0.1, -0.05) is 48.0 Å². The molecule has 3 aromatic rings. The van der Waals surface area contributed by atoms with Crippen LogP contribution in [-0.2, 0) is 17.6 Å². The Hall–Kier alpha value is -3.09. The van der Waals surface area contributed by atoms with Crippen molar-refractivity contribution < 1.29 is 14.3 Å². The maximum Gasteiger partial charge on any atom is 0.226 e. The molecule has 36 heavy (non-hydrogen) atoms. The van der Waals surface area contributed by atoms with Gasteiger partial charge in [0.2, 0.25) is 5.91 Å². The maximum atomic E-state index is 12.4. The van der Waals surface area contributed by atoms with E-state index in [9.17, 15) is 4.79 Å². The van der Waals surface area contributed by atoms with E-state index in [0.717, 1.165) is 60.5 Å². The molecule has 4 rings (SSSR count). The number of carbonyl (C=O) groups is 1. The van der Waals surface area contributed by atoms with E-state index in [1.165, 1.54) is 0 Å². The molecule has 5 nitrogen and oxygen atoms in total. The molecule has 1 amide bonds. The van der Waals surface area contributed by atoms with Crippen LogP contribution in [0.15, 0.2) is 72.8 Å². The SMILES string of the molecule is O=C(CCc1ccccc1)NC(=S)N1CCc2c(OCCCCCOc3ccc(Cl)cc3)cccc21. The second-order valence-corrected chi connectivity index (χ2v) is 9.53. The van der Waals surface area contributed by atoms with Crippen LogP contribution >= 0.6 is 23.8 Å². The van der Waals surface area contributed by atoms with E-state index in [0.29, 0.717) is 36.2 Å². The summed E-state index contributed by atoms with van der Waals surface area (Å²) < 4.78 is 11.8. The Morgan fingerprint density at radius 2 is 1.67 bits per heavy atom. The topological polar surface area (TPSA) is 50.8 Å². The summed E-state index contributed by atoms with van der Waals surface area (Å²) in [5, 5.41) is 4.06. The Balaban J connectivity index is 1.18. The van der Waals surface area contributed by atoms with Crippen molar-refractivity contribution in [1.82, 2.24) is 5.32 Å². The first-order valence-corrected chi connectivity index (χ1v) is 13.2. The van der Waals surface area contributed by atoms with E-state index in [2.05, 4.69) is 5.32 Å². The highest BCUT2D eigenvalue weighted by Gasteiger charge is 2.26. The zero-order valence-electron chi connectivity index (χ0n) is 20.3. The molecule has 188 valence electrons. The predicted molar refractivity (Wildman–Crippen MR) is 149 cm³/mol. The van der Waals surface area contributed by atoms with Gasteiger partial charge in [-0.25, -0.2) is 0 Å². The molecule has 1 N–H and O–H groups in total. The highest BCUT2D eigenvalue weighted by molar-refractivity contribution is 7.80. The summed E-state index contributed by atoms with van der Waals surface area (Å²) in [7, 11) is 0. The molecule has 0 spiro atoms. The number of amides is 1. The van der Waals surface area contributed by atoms with Crippen molar-refractivity contribution in [3.05, 3.63) is 88.9 Å². The lowest BCUT2D eigenvalue weighted by molar-refractivity contribution is -0.119. The highest BCUT2D eigenvalue weighted by Crippen LogP contribution is 2.35. The Kier molecular flexibility index (Phi) is 9.59. The van der Waals surface area contributed by atoms with Crippen LogP contribution in [0.4, 0.5) is 5.69 Å². The number of rotatable bonds is 11. The van der Waals surface area contributed by atoms with Crippen molar-refractivity contribution in [2.75, 3.05) is 24.7 Å². The smallest absolute Gasteiger partial charge is 0.226 e. The average molecular weight is 523 g/mol. The number of nitrogens with one attached hydrogen (secondary N) is 1. The Morgan fingerprint density at radius 3 is 2.44 bits per heavy atom. The van der Waals surface area contributed by atoms with Crippen molar-refractivity contribution in [3.8, 4) is 11.5 Å². The van der Waals surface area contributed by atoms with Crippen LogP contribution in [-0.4, -0.2) is 30.8 Å². The number of unbranched alkanes of at least 4 members (excludes halogenated alkanes) is 2. The molecule has 0 saturated heterocycles. The third-order valence-corrected chi connectivity index (χ3v) is 6.66. The van der Waals surface area contributed by atoms with Gasteiger partial charge in [0.05, 0.1) is 18.9 Å². The molecule has 0 atom stereocenters.